The average Bonchev–Trinajstić information content (AvgIpc) is 2.70. The van der Waals surface area contributed by atoms with Gasteiger partial charge in [-0.05, 0) is 54.7 Å². The van der Waals surface area contributed by atoms with E-state index in [0.29, 0.717) is 13.0 Å². The molecule has 2 rings (SSSR count). The lowest BCUT2D eigenvalue weighted by atomic mass is 10.1. The van der Waals surface area contributed by atoms with Crippen molar-refractivity contribution in [3.05, 3.63) is 59.7 Å². The maximum absolute atomic E-state index is 12.2. The fraction of sp³-hybridized carbons (Fsp3) is 0.409. The molecule has 1 amide bonds. The number of nitrogens with one attached hydrogen (secondary N) is 1. The first-order valence-electron chi connectivity index (χ1n) is 9.50. The summed E-state index contributed by atoms with van der Waals surface area (Å²) < 4.78 is 10.8. The minimum Gasteiger partial charge on any atom is -0.497 e. The average molecular weight is 370 g/mol. The van der Waals surface area contributed by atoms with Gasteiger partial charge in [0.15, 0.2) is 0 Å². The number of hydrogen-bond donors (Lipinski definition) is 2. The Morgan fingerprint density at radius 1 is 1.04 bits per heavy atom. The van der Waals surface area contributed by atoms with Gasteiger partial charge in [0.05, 0.1) is 19.8 Å². The fourth-order valence-corrected chi connectivity index (χ4v) is 2.66. The number of rotatable bonds is 11. The molecular weight excluding hydrogens is 340 g/mol. The van der Waals surface area contributed by atoms with Crippen LogP contribution >= 0.6 is 0 Å². The van der Waals surface area contributed by atoms with Gasteiger partial charge < -0.3 is 20.5 Å². The lowest BCUT2D eigenvalue weighted by Crippen LogP contribution is -2.42. The lowest BCUT2D eigenvalue weighted by Gasteiger charge is -2.13. The molecule has 2 aromatic carbocycles. The van der Waals surface area contributed by atoms with E-state index >= 15 is 0 Å². The zero-order valence-electron chi connectivity index (χ0n) is 16.2. The molecule has 146 valence electrons. The van der Waals surface area contributed by atoms with Gasteiger partial charge in [0.25, 0.3) is 0 Å². The number of benzene rings is 2. The number of hydrogen-bond acceptors (Lipinski definition) is 4. The van der Waals surface area contributed by atoms with Crippen LogP contribution in [0.25, 0.3) is 0 Å². The highest BCUT2D eigenvalue weighted by molar-refractivity contribution is 5.81. The van der Waals surface area contributed by atoms with Crippen molar-refractivity contribution in [2.24, 2.45) is 5.73 Å². The van der Waals surface area contributed by atoms with Gasteiger partial charge in [-0.15, -0.1) is 0 Å². The predicted octanol–water partition coefficient (Wildman–Crippen LogP) is 3.10. The normalized spacial score (nSPS) is 11.7. The van der Waals surface area contributed by atoms with Gasteiger partial charge in [0.2, 0.25) is 5.91 Å². The Bertz CT molecular complexity index is 684. The molecule has 0 aliphatic heterocycles. The Balaban J connectivity index is 1.72. The largest absolute Gasteiger partial charge is 0.497 e. The van der Waals surface area contributed by atoms with Crippen molar-refractivity contribution in [2.75, 3.05) is 20.3 Å². The minimum atomic E-state index is -0.562. The summed E-state index contributed by atoms with van der Waals surface area (Å²) in [5.41, 5.74) is 8.21. The van der Waals surface area contributed by atoms with Crippen molar-refractivity contribution >= 4 is 5.91 Å². The van der Waals surface area contributed by atoms with Gasteiger partial charge in [-0.2, -0.15) is 0 Å². The van der Waals surface area contributed by atoms with E-state index < -0.39 is 6.04 Å². The van der Waals surface area contributed by atoms with Crippen LogP contribution in [0.4, 0.5) is 0 Å². The van der Waals surface area contributed by atoms with Crippen molar-refractivity contribution < 1.29 is 14.3 Å². The van der Waals surface area contributed by atoms with Crippen LogP contribution in [-0.2, 0) is 17.6 Å². The summed E-state index contributed by atoms with van der Waals surface area (Å²) in [7, 11) is 1.64. The monoisotopic (exact) mass is 370 g/mol. The van der Waals surface area contributed by atoms with Gasteiger partial charge in [-0.1, -0.05) is 37.6 Å². The van der Waals surface area contributed by atoms with Crippen LogP contribution in [0.2, 0.25) is 0 Å². The number of unbranched alkanes of at least 4 members (excludes halogenated alkanes) is 1. The second-order valence-electron chi connectivity index (χ2n) is 6.55. The van der Waals surface area contributed by atoms with E-state index in [-0.39, 0.29) is 5.91 Å². The first-order chi connectivity index (χ1) is 13.1. The van der Waals surface area contributed by atoms with Gasteiger partial charge >= 0.3 is 0 Å². The van der Waals surface area contributed by atoms with E-state index in [9.17, 15) is 4.79 Å². The first kappa shape index (κ1) is 20.8. The summed E-state index contributed by atoms with van der Waals surface area (Å²) in [6.45, 7) is 3.42. The lowest BCUT2D eigenvalue weighted by molar-refractivity contribution is -0.122. The summed E-state index contributed by atoms with van der Waals surface area (Å²) in [6, 6.07) is 15.0. The van der Waals surface area contributed by atoms with Gasteiger partial charge in [-0.3, -0.25) is 4.79 Å². The molecule has 0 aliphatic rings. The molecule has 0 saturated carbocycles. The van der Waals surface area contributed by atoms with Crippen LogP contribution in [0.15, 0.2) is 48.5 Å². The van der Waals surface area contributed by atoms with E-state index in [4.69, 9.17) is 15.2 Å². The van der Waals surface area contributed by atoms with E-state index in [2.05, 4.69) is 12.2 Å². The number of carbonyl (C=O) groups is 1. The fourth-order valence-electron chi connectivity index (χ4n) is 2.66. The third kappa shape index (κ3) is 7.31. The number of ether oxygens (including phenoxy) is 2. The van der Waals surface area contributed by atoms with Crippen molar-refractivity contribution in [1.29, 1.82) is 0 Å². The number of methoxy groups -OCH3 is 1. The molecule has 27 heavy (non-hydrogen) atoms. The molecule has 0 heterocycles. The maximum Gasteiger partial charge on any atom is 0.237 e. The molecule has 0 saturated heterocycles. The predicted molar refractivity (Wildman–Crippen MR) is 108 cm³/mol. The van der Waals surface area contributed by atoms with E-state index in [1.54, 1.807) is 7.11 Å². The highest BCUT2D eigenvalue weighted by Crippen LogP contribution is 2.14. The Morgan fingerprint density at radius 3 is 2.30 bits per heavy atom. The summed E-state index contributed by atoms with van der Waals surface area (Å²) in [5, 5.41) is 2.91. The minimum absolute atomic E-state index is 0.133. The van der Waals surface area contributed by atoms with E-state index in [1.807, 2.05) is 48.5 Å². The van der Waals surface area contributed by atoms with Crippen molar-refractivity contribution in [1.82, 2.24) is 5.32 Å². The first-order valence-corrected chi connectivity index (χ1v) is 9.50. The molecule has 1 atom stereocenters. The molecule has 5 nitrogen and oxygen atoms in total. The summed E-state index contributed by atoms with van der Waals surface area (Å²) >= 11 is 0. The van der Waals surface area contributed by atoms with Crippen molar-refractivity contribution in [3.8, 4) is 11.5 Å². The zero-order valence-corrected chi connectivity index (χ0v) is 16.2. The molecule has 3 N–H and O–H groups in total. The highest BCUT2D eigenvalue weighted by atomic mass is 16.5. The molecular formula is C22H30N2O3. The molecule has 0 fully saturated rings. The van der Waals surface area contributed by atoms with Crippen molar-refractivity contribution in [3.63, 3.8) is 0 Å². The molecule has 5 heteroatoms. The van der Waals surface area contributed by atoms with Crippen LogP contribution in [0.1, 0.15) is 30.9 Å². The van der Waals surface area contributed by atoms with Crippen LogP contribution in [-0.4, -0.2) is 32.2 Å². The van der Waals surface area contributed by atoms with Gasteiger partial charge in [0.1, 0.15) is 11.5 Å². The highest BCUT2D eigenvalue weighted by Gasteiger charge is 2.13. The van der Waals surface area contributed by atoms with Gasteiger partial charge in [0, 0.05) is 6.54 Å². The Kier molecular flexibility index (Phi) is 8.65. The third-order valence-corrected chi connectivity index (χ3v) is 4.35. The van der Waals surface area contributed by atoms with E-state index in [1.165, 1.54) is 0 Å². The number of nitrogens with two attached hydrogens (primary N) is 1. The van der Waals surface area contributed by atoms with Gasteiger partial charge in [-0.25, -0.2) is 0 Å². The molecule has 0 unspecified atom stereocenters. The van der Waals surface area contributed by atoms with E-state index in [0.717, 1.165) is 48.5 Å². The summed E-state index contributed by atoms with van der Waals surface area (Å²) in [5.74, 6) is 1.54. The smallest absolute Gasteiger partial charge is 0.237 e. The molecule has 0 spiro atoms. The second-order valence-corrected chi connectivity index (χ2v) is 6.55. The van der Waals surface area contributed by atoms with Crippen LogP contribution in [0, 0.1) is 0 Å². The molecule has 2 aromatic rings. The third-order valence-electron chi connectivity index (χ3n) is 4.35. The zero-order chi connectivity index (χ0) is 19.5. The topological polar surface area (TPSA) is 73.6 Å². The maximum atomic E-state index is 12.2. The molecule has 0 aliphatic carbocycles. The van der Waals surface area contributed by atoms with Crippen LogP contribution < -0.4 is 20.5 Å². The van der Waals surface area contributed by atoms with Crippen LogP contribution in [0.5, 0.6) is 11.5 Å². The second kappa shape index (κ2) is 11.2. The number of carbonyl (C=O) groups excluding carboxylic acids is 1. The van der Waals surface area contributed by atoms with Crippen molar-refractivity contribution in [2.45, 2.75) is 38.6 Å². The molecule has 0 radical (unpaired) electrons. The van der Waals surface area contributed by atoms with Crippen LogP contribution in [0.3, 0.4) is 0 Å². The SMILES string of the molecule is CCCCOc1ccc(C[C@H](N)C(=O)NCCc2ccc(OC)cc2)cc1. The summed E-state index contributed by atoms with van der Waals surface area (Å²) in [4.78, 5) is 12.2. The summed E-state index contributed by atoms with van der Waals surface area (Å²) in [6.07, 6.45) is 3.42. The Morgan fingerprint density at radius 2 is 1.67 bits per heavy atom. The Labute approximate surface area is 161 Å². The quantitative estimate of drug-likeness (QED) is 0.596. The molecule has 0 bridgehead atoms. The number of amides is 1. The Hall–Kier alpha value is -2.53. The standard InChI is InChI=1S/C22H30N2O3/c1-3-4-15-27-20-11-7-18(8-12-20)16-21(23)22(25)24-14-13-17-5-9-19(26-2)10-6-17/h5-12,21H,3-4,13-16,23H2,1-2H3,(H,24,25)/t21-/m0/s1. The molecule has 0 aromatic heterocycles.